The summed E-state index contributed by atoms with van der Waals surface area (Å²) in [6.07, 6.45) is 1.94. The van der Waals surface area contributed by atoms with Gasteiger partial charge >= 0.3 is 0 Å². The molecule has 3 heteroatoms. The average molecular weight is 236 g/mol. The summed E-state index contributed by atoms with van der Waals surface area (Å²) in [5.41, 5.74) is 3.05. The third-order valence-electron chi connectivity index (χ3n) is 2.70. The molecule has 0 fully saturated rings. The van der Waals surface area contributed by atoms with Gasteiger partial charge in [-0.25, -0.2) is 0 Å². The quantitative estimate of drug-likeness (QED) is 0.626. The summed E-state index contributed by atoms with van der Waals surface area (Å²) in [7, 11) is 0.984. The Bertz CT molecular complexity index is 708. The van der Waals surface area contributed by atoms with E-state index in [-0.39, 0.29) is 0 Å². The van der Waals surface area contributed by atoms with Crippen molar-refractivity contribution in [1.82, 2.24) is 4.40 Å². The molecule has 0 bridgehead atoms. The van der Waals surface area contributed by atoms with E-state index in [1.54, 1.807) is 0 Å². The van der Waals surface area contributed by atoms with E-state index >= 15 is 0 Å². The van der Waals surface area contributed by atoms with Crippen molar-refractivity contribution in [2.24, 2.45) is 0 Å². The molecule has 2 aromatic heterocycles. The smallest absolute Gasteiger partial charge is 0.152 e. The van der Waals surface area contributed by atoms with Gasteiger partial charge in [-0.2, -0.15) is 5.26 Å². The van der Waals surface area contributed by atoms with Crippen molar-refractivity contribution >= 4 is 13.7 Å². The van der Waals surface area contributed by atoms with E-state index in [0.717, 1.165) is 19.1 Å². The minimum absolute atomic E-state index is 0.763. The number of hydrogen-bond acceptors (Lipinski definition) is 1. The molecule has 0 saturated heterocycles. The topological polar surface area (TPSA) is 28.2 Å². The number of hydrogen-bond donors (Lipinski definition) is 0. The first-order chi connectivity index (χ1) is 8.40. The van der Waals surface area contributed by atoms with Gasteiger partial charge in [0.1, 0.15) is 6.07 Å². The largest absolute Gasteiger partial charge is 0.304 e. The van der Waals surface area contributed by atoms with Crippen LogP contribution < -0.4 is 0 Å². The van der Waals surface area contributed by atoms with E-state index in [1.165, 1.54) is 10.9 Å². The van der Waals surface area contributed by atoms with E-state index in [2.05, 4.69) is 24.3 Å². The number of nitriles is 1. The highest BCUT2D eigenvalue weighted by Gasteiger charge is 2.09. The van der Waals surface area contributed by atoms with Crippen molar-refractivity contribution in [3.63, 3.8) is 0 Å². The van der Waals surface area contributed by atoms with Gasteiger partial charge in [0.25, 0.3) is 0 Å². The predicted octanol–water partition coefficient (Wildman–Crippen LogP) is 4.06. The molecule has 17 heavy (non-hydrogen) atoms. The fourth-order valence-corrected chi connectivity index (χ4v) is 3.04. The van der Waals surface area contributed by atoms with Crippen molar-refractivity contribution in [2.45, 2.75) is 0 Å². The van der Waals surface area contributed by atoms with E-state index in [9.17, 15) is 0 Å². The number of rotatable bonds is 1. The normalized spacial score (nSPS) is 10.8. The van der Waals surface area contributed by atoms with Crippen molar-refractivity contribution in [1.29, 1.82) is 5.26 Å². The summed E-state index contributed by atoms with van der Waals surface area (Å²) in [5, 5.41) is 10.3. The summed E-state index contributed by atoms with van der Waals surface area (Å²) in [6.45, 7) is 0. The zero-order chi connectivity index (χ0) is 11.7. The molecule has 0 saturated carbocycles. The fraction of sp³-hybridized carbons (Fsp3) is 0. The van der Waals surface area contributed by atoms with Crippen LogP contribution in [0.1, 0.15) is 5.43 Å². The first-order valence-electron chi connectivity index (χ1n) is 5.33. The third kappa shape index (κ3) is 1.62. The number of fused-ring (bicyclic) bond motifs is 1. The van der Waals surface area contributed by atoms with Gasteiger partial charge in [-0.15, -0.1) is 0 Å². The molecule has 0 aliphatic carbocycles. The lowest BCUT2D eigenvalue weighted by atomic mass is 10.2. The lowest BCUT2D eigenvalue weighted by Crippen LogP contribution is -1.84. The Hall–Kier alpha value is -2.10. The fourth-order valence-electron chi connectivity index (χ4n) is 1.93. The van der Waals surface area contributed by atoms with E-state index in [0.29, 0.717) is 0 Å². The Morgan fingerprint density at radius 2 is 1.76 bits per heavy atom. The summed E-state index contributed by atoms with van der Waals surface area (Å²) in [5.74, 6) is 0. The highest BCUT2D eigenvalue weighted by atomic mass is 31.0. The molecule has 1 aromatic carbocycles. The molecule has 2 heterocycles. The molecule has 3 rings (SSSR count). The lowest BCUT2D eigenvalue weighted by molar-refractivity contribution is 1.18. The van der Waals surface area contributed by atoms with Crippen LogP contribution in [-0.4, -0.2) is 4.40 Å². The van der Waals surface area contributed by atoms with Crippen LogP contribution >= 0.6 is 8.19 Å². The molecule has 0 aliphatic heterocycles. The Morgan fingerprint density at radius 1 is 1.00 bits per heavy atom. The van der Waals surface area contributed by atoms with Crippen LogP contribution in [0.15, 0.2) is 54.7 Å². The van der Waals surface area contributed by atoms with Crippen molar-refractivity contribution < 1.29 is 0 Å². The van der Waals surface area contributed by atoms with Gasteiger partial charge in [-0.05, 0) is 25.9 Å². The molecule has 0 aliphatic rings. The highest BCUT2D eigenvalue weighted by Crippen LogP contribution is 2.36. The molecule has 0 atom stereocenters. The minimum Gasteiger partial charge on any atom is -0.304 e. The second-order valence-corrected chi connectivity index (χ2v) is 4.81. The summed E-state index contributed by atoms with van der Waals surface area (Å²) in [4.78, 5) is 0. The van der Waals surface area contributed by atoms with Crippen LogP contribution in [0.4, 0.5) is 0 Å². The van der Waals surface area contributed by atoms with Crippen LogP contribution in [0.3, 0.4) is 0 Å². The van der Waals surface area contributed by atoms with Crippen molar-refractivity contribution in [3.8, 4) is 16.9 Å². The molecule has 3 aromatic rings. The van der Waals surface area contributed by atoms with Crippen molar-refractivity contribution in [2.75, 3.05) is 0 Å². The van der Waals surface area contributed by atoms with Crippen LogP contribution in [0.5, 0.6) is 0 Å². The zero-order valence-corrected chi connectivity index (χ0v) is 9.93. The van der Waals surface area contributed by atoms with Crippen molar-refractivity contribution in [3.05, 3.63) is 60.2 Å². The SMILES string of the molecule is N#Cc1pc(-c2ccccc2)c2ccccn12. The molecule has 0 amide bonds. The second-order valence-electron chi connectivity index (χ2n) is 3.72. The molecular formula is C14H9N2P. The Labute approximate surface area is 101 Å². The first kappa shape index (κ1) is 10.1. The van der Waals surface area contributed by atoms with Crippen LogP contribution in [0.25, 0.3) is 16.4 Å². The van der Waals surface area contributed by atoms with Gasteiger partial charge < -0.3 is 4.40 Å². The Kier molecular flexibility index (Phi) is 2.40. The van der Waals surface area contributed by atoms with Gasteiger partial charge in [0.2, 0.25) is 0 Å². The number of nitrogens with zero attached hydrogens (tertiary/aromatic N) is 2. The molecule has 0 unspecified atom stereocenters. The van der Waals surface area contributed by atoms with Gasteiger partial charge in [0.15, 0.2) is 5.43 Å². The molecule has 2 nitrogen and oxygen atoms in total. The van der Waals surface area contributed by atoms with Crippen LogP contribution in [-0.2, 0) is 0 Å². The molecule has 0 spiro atoms. The molecule has 0 radical (unpaired) electrons. The Morgan fingerprint density at radius 3 is 2.53 bits per heavy atom. The third-order valence-corrected chi connectivity index (χ3v) is 3.93. The zero-order valence-electron chi connectivity index (χ0n) is 9.04. The predicted molar refractivity (Wildman–Crippen MR) is 70.1 cm³/mol. The number of benzene rings is 1. The van der Waals surface area contributed by atoms with Crippen LogP contribution in [0, 0.1) is 11.3 Å². The van der Waals surface area contributed by atoms with Gasteiger partial charge in [-0.3, -0.25) is 0 Å². The summed E-state index contributed by atoms with van der Waals surface area (Å²) >= 11 is 0. The Balaban J connectivity index is 2.35. The molecule has 80 valence electrons. The number of aromatic nitrogens is 1. The number of pyridine rings is 1. The molecular weight excluding hydrogens is 227 g/mol. The highest BCUT2D eigenvalue weighted by molar-refractivity contribution is 7.35. The first-order valence-corrected chi connectivity index (χ1v) is 6.22. The lowest BCUT2D eigenvalue weighted by Gasteiger charge is -1.98. The average Bonchev–Trinajstić information content (AvgIpc) is 2.78. The van der Waals surface area contributed by atoms with Crippen LogP contribution in [0.2, 0.25) is 0 Å². The summed E-state index contributed by atoms with van der Waals surface area (Å²) in [6, 6.07) is 18.5. The van der Waals surface area contributed by atoms with E-state index in [4.69, 9.17) is 5.26 Å². The van der Waals surface area contributed by atoms with Gasteiger partial charge in [0.05, 0.1) is 5.52 Å². The van der Waals surface area contributed by atoms with E-state index < -0.39 is 0 Å². The maximum absolute atomic E-state index is 9.15. The minimum atomic E-state index is 0.763. The van der Waals surface area contributed by atoms with E-state index in [1.807, 2.05) is 40.9 Å². The second kappa shape index (κ2) is 4.05. The summed E-state index contributed by atoms with van der Waals surface area (Å²) < 4.78 is 1.96. The maximum Gasteiger partial charge on any atom is 0.152 e. The molecule has 0 N–H and O–H groups in total. The monoisotopic (exact) mass is 236 g/mol. The van der Waals surface area contributed by atoms with Gasteiger partial charge in [0, 0.05) is 11.5 Å². The van der Waals surface area contributed by atoms with Gasteiger partial charge in [-0.1, -0.05) is 36.4 Å². The standard InChI is InChI=1S/C14H9N2P/c15-10-13-16-9-5-4-8-12(16)14(17-13)11-6-2-1-3-7-11/h1-9H. The maximum atomic E-state index is 9.15.